The van der Waals surface area contributed by atoms with Crippen molar-refractivity contribution >= 4 is 40.1 Å². The van der Waals surface area contributed by atoms with Gasteiger partial charge in [-0.05, 0) is 31.2 Å². The molecule has 2 aromatic carbocycles. The number of fused-ring (bicyclic) bond motifs is 1. The van der Waals surface area contributed by atoms with Crippen LogP contribution in [0.3, 0.4) is 0 Å². The van der Waals surface area contributed by atoms with E-state index in [-0.39, 0.29) is 11.6 Å². The van der Waals surface area contributed by atoms with Crippen LogP contribution in [0.4, 0.5) is 20.3 Å². The lowest BCUT2D eigenvalue weighted by atomic mass is 10.2. The Balaban J connectivity index is 1.76. The molecular formula is C18H16F2N4OS. The standard InChI is InChI=1S/C18H16F2N4OS/c1-10(17(25)22-11-7-8-13(19)14(20)9-11)26-18-23-15-6-4-3-5-12(15)16(21-2)24-18/h3-10H,1-2H3,(H,22,25)(H,21,23,24). The largest absolute Gasteiger partial charge is 0.372 e. The van der Waals surface area contributed by atoms with Crippen LogP contribution >= 0.6 is 11.8 Å². The second-order valence-electron chi connectivity index (χ2n) is 5.50. The number of carbonyl (C=O) groups excluding carboxylic acids is 1. The number of para-hydroxylation sites is 1. The topological polar surface area (TPSA) is 66.9 Å². The van der Waals surface area contributed by atoms with Crippen LogP contribution in [0.25, 0.3) is 10.9 Å². The molecule has 8 heteroatoms. The minimum absolute atomic E-state index is 0.191. The van der Waals surface area contributed by atoms with Gasteiger partial charge in [-0.3, -0.25) is 4.79 Å². The summed E-state index contributed by atoms with van der Waals surface area (Å²) in [6, 6.07) is 10.8. The second-order valence-corrected chi connectivity index (χ2v) is 6.81. The van der Waals surface area contributed by atoms with Gasteiger partial charge in [0.1, 0.15) is 5.82 Å². The number of benzene rings is 2. The van der Waals surface area contributed by atoms with Crippen LogP contribution in [-0.4, -0.2) is 28.2 Å². The molecule has 0 aliphatic rings. The van der Waals surface area contributed by atoms with Gasteiger partial charge in [-0.15, -0.1) is 0 Å². The normalized spacial score (nSPS) is 12.0. The molecule has 2 N–H and O–H groups in total. The maximum Gasteiger partial charge on any atom is 0.237 e. The number of carbonyl (C=O) groups is 1. The van der Waals surface area contributed by atoms with E-state index in [1.54, 1.807) is 14.0 Å². The van der Waals surface area contributed by atoms with Gasteiger partial charge in [0.25, 0.3) is 0 Å². The molecule has 1 atom stereocenters. The lowest BCUT2D eigenvalue weighted by Gasteiger charge is -2.13. The lowest BCUT2D eigenvalue weighted by molar-refractivity contribution is -0.115. The average molecular weight is 374 g/mol. The smallest absolute Gasteiger partial charge is 0.237 e. The Bertz CT molecular complexity index is 967. The van der Waals surface area contributed by atoms with E-state index >= 15 is 0 Å². The zero-order chi connectivity index (χ0) is 18.7. The molecule has 1 amide bonds. The van der Waals surface area contributed by atoms with Crippen LogP contribution < -0.4 is 10.6 Å². The third-order valence-electron chi connectivity index (χ3n) is 3.66. The van der Waals surface area contributed by atoms with Crippen LogP contribution in [0, 0.1) is 11.6 Å². The summed E-state index contributed by atoms with van der Waals surface area (Å²) >= 11 is 1.18. The van der Waals surface area contributed by atoms with E-state index in [0.29, 0.717) is 11.0 Å². The van der Waals surface area contributed by atoms with Crippen molar-refractivity contribution in [1.82, 2.24) is 9.97 Å². The fourth-order valence-corrected chi connectivity index (χ4v) is 3.11. The molecule has 1 unspecified atom stereocenters. The molecule has 0 aliphatic carbocycles. The fourth-order valence-electron chi connectivity index (χ4n) is 2.33. The molecule has 0 fully saturated rings. The summed E-state index contributed by atoms with van der Waals surface area (Å²) in [6.45, 7) is 1.69. The number of halogens is 2. The molecule has 1 aromatic heterocycles. The molecule has 0 spiro atoms. The Morgan fingerprint density at radius 1 is 1.12 bits per heavy atom. The molecule has 134 valence electrons. The Kier molecular flexibility index (Phi) is 5.32. The molecular weight excluding hydrogens is 358 g/mol. The number of amides is 1. The number of nitrogens with zero attached hydrogens (tertiary/aromatic N) is 2. The molecule has 26 heavy (non-hydrogen) atoms. The number of rotatable bonds is 5. The molecule has 3 rings (SSSR count). The molecule has 0 bridgehead atoms. The summed E-state index contributed by atoms with van der Waals surface area (Å²) < 4.78 is 26.2. The van der Waals surface area contributed by atoms with Crippen molar-refractivity contribution in [3.8, 4) is 0 Å². The van der Waals surface area contributed by atoms with Gasteiger partial charge in [-0.25, -0.2) is 18.7 Å². The van der Waals surface area contributed by atoms with Gasteiger partial charge >= 0.3 is 0 Å². The van der Waals surface area contributed by atoms with Crippen molar-refractivity contribution in [3.05, 3.63) is 54.1 Å². The molecule has 0 saturated carbocycles. The first-order valence-corrected chi connectivity index (χ1v) is 8.73. The number of aromatic nitrogens is 2. The third-order valence-corrected chi connectivity index (χ3v) is 4.62. The monoisotopic (exact) mass is 374 g/mol. The van der Waals surface area contributed by atoms with E-state index < -0.39 is 16.9 Å². The summed E-state index contributed by atoms with van der Waals surface area (Å²) in [7, 11) is 1.77. The molecule has 1 heterocycles. The minimum atomic E-state index is -1.01. The number of anilines is 2. The highest BCUT2D eigenvalue weighted by Gasteiger charge is 2.18. The highest BCUT2D eigenvalue weighted by Crippen LogP contribution is 2.27. The second kappa shape index (κ2) is 7.65. The predicted octanol–water partition coefficient (Wildman–Crippen LogP) is 4.07. The van der Waals surface area contributed by atoms with Gasteiger partial charge in [-0.1, -0.05) is 23.9 Å². The van der Waals surface area contributed by atoms with E-state index in [1.807, 2.05) is 24.3 Å². The van der Waals surface area contributed by atoms with Crippen molar-refractivity contribution in [3.63, 3.8) is 0 Å². The van der Waals surface area contributed by atoms with E-state index in [0.717, 1.165) is 23.0 Å². The summed E-state index contributed by atoms with van der Waals surface area (Å²) in [5.41, 5.74) is 0.958. The van der Waals surface area contributed by atoms with E-state index in [4.69, 9.17) is 0 Å². The molecule has 0 aliphatic heterocycles. The van der Waals surface area contributed by atoms with Crippen LogP contribution in [0.15, 0.2) is 47.6 Å². The van der Waals surface area contributed by atoms with Gasteiger partial charge in [0, 0.05) is 24.2 Å². The number of hydrogen-bond donors (Lipinski definition) is 2. The molecule has 0 saturated heterocycles. The maximum absolute atomic E-state index is 13.3. The highest BCUT2D eigenvalue weighted by atomic mass is 32.2. The zero-order valence-electron chi connectivity index (χ0n) is 14.1. The van der Waals surface area contributed by atoms with Gasteiger partial charge in [0.15, 0.2) is 16.8 Å². The van der Waals surface area contributed by atoms with E-state index in [1.165, 1.54) is 17.8 Å². The maximum atomic E-state index is 13.3. The van der Waals surface area contributed by atoms with Gasteiger partial charge in [0.2, 0.25) is 5.91 Å². The van der Waals surface area contributed by atoms with Crippen molar-refractivity contribution in [2.75, 3.05) is 17.7 Å². The van der Waals surface area contributed by atoms with Crippen molar-refractivity contribution in [1.29, 1.82) is 0 Å². The SMILES string of the molecule is CNc1nc(SC(C)C(=O)Nc2ccc(F)c(F)c2)nc2ccccc12. The van der Waals surface area contributed by atoms with Gasteiger partial charge in [0.05, 0.1) is 10.8 Å². The average Bonchev–Trinajstić information content (AvgIpc) is 2.64. The Morgan fingerprint density at radius 3 is 2.62 bits per heavy atom. The quantitative estimate of drug-likeness (QED) is 0.521. The van der Waals surface area contributed by atoms with Crippen LogP contribution in [0.1, 0.15) is 6.92 Å². The predicted molar refractivity (Wildman–Crippen MR) is 99.4 cm³/mol. The van der Waals surface area contributed by atoms with Gasteiger partial charge in [-0.2, -0.15) is 0 Å². The molecule has 3 aromatic rings. The zero-order valence-corrected chi connectivity index (χ0v) is 14.9. The van der Waals surface area contributed by atoms with Crippen molar-refractivity contribution in [2.45, 2.75) is 17.3 Å². The first-order valence-electron chi connectivity index (χ1n) is 7.85. The molecule has 0 radical (unpaired) electrons. The van der Waals surface area contributed by atoms with Crippen LogP contribution in [0.2, 0.25) is 0 Å². The Hall–Kier alpha value is -2.74. The first kappa shape index (κ1) is 18.1. The van der Waals surface area contributed by atoms with E-state index in [9.17, 15) is 13.6 Å². The van der Waals surface area contributed by atoms with Crippen molar-refractivity contribution < 1.29 is 13.6 Å². The Morgan fingerprint density at radius 2 is 1.88 bits per heavy atom. The molecule has 5 nitrogen and oxygen atoms in total. The first-order chi connectivity index (χ1) is 12.5. The Labute approximate surface area is 153 Å². The fraction of sp³-hybridized carbons (Fsp3) is 0.167. The highest BCUT2D eigenvalue weighted by molar-refractivity contribution is 8.00. The summed E-state index contributed by atoms with van der Waals surface area (Å²) in [5, 5.41) is 6.38. The van der Waals surface area contributed by atoms with Crippen LogP contribution in [0.5, 0.6) is 0 Å². The van der Waals surface area contributed by atoms with Gasteiger partial charge < -0.3 is 10.6 Å². The summed E-state index contributed by atoms with van der Waals surface area (Å²) in [6.07, 6.45) is 0. The lowest BCUT2D eigenvalue weighted by Crippen LogP contribution is -2.22. The minimum Gasteiger partial charge on any atom is -0.372 e. The third kappa shape index (κ3) is 3.91. The number of thioether (sulfide) groups is 1. The van der Waals surface area contributed by atoms with E-state index in [2.05, 4.69) is 20.6 Å². The number of nitrogens with one attached hydrogen (secondary N) is 2. The van der Waals surface area contributed by atoms with Crippen molar-refractivity contribution in [2.24, 2.45) is 0 Å². The summed E-state index contributed by atoms with van der Waals surface area (Å²) in [5.74, 6) is -1.66. The number of hydrogen-bond acceptors (Lipinski definition) is 5. The summed E-state index contributed by atoms with van der Waals surface area (Å²) in [4.78, 5) is 21.2. The van der Waals surface area contributed by atoms with Crippen LogP contribution in [-0.2, 0) is 4.79 Å².